The number of hydrogen-bond donors (Lipinski definition) is 1. The van der Waals surface area contributed by atoms with E-state index >= 15 is 0 Å². The van der Waals surface area contributed by atoms with Gasteiger partial charge in [-0.25, -0.2) is 0 Å². The summed E-state index contributed by atoms with van der Waals surface area (Å²) in [6.07, 6.45) is 1.25. The summed E-state index contributed by atoms with van der Waals surface area (Å²) in [5.41, 5.74) is 2.17. The first-order valence-electron chi connectivity index (χ1n) is 7.75. The van der Waals surface area contributed by atoms with E-state index in [4.69, 9.17) is 0 Å². The average Bonchev–Trinajstić information content (AvgIpc) is 2.83. The van der Waals surface area contributed by atoms with Crippen LogP contribution in [0.3, 0.4) is 0 Å². The van der Waals surface area contributed by atoms with Crippen molar-refractivity contribution < 1.29 is 9.59 Å². The summed E-state index contributed by atoms with van der Waals surface area (Å²) in [5, 5.41) is 2.90. The first kappa shape index (κ1) is 16.5. The Morgan fingerprint density at radius 2 is 2.09 bits per heavy atom. The van der Waals surface area contributed by atoms with Crippen LogP contribution in [0.1, 0.15) is 17.5 Å². The van der Waals surface area contributed by atoms with E-state index in [1.54, 1.807) is 0 Å². The Balaban J connectivity index is 1.74. The van der Waals surface area contributed by atoms with Crippen molar-refractivity contribution in [3.63, 3.8) is 0 Å². The SMILES string of the molecule is Cc1ccccc1CC(=O)NCCN1CCC(N(C)C)C1=O. The fraction of sp³-hybridized carbons (Fsp3) is 0.529. The number of carbonyl (C=O) groups excluding carboxylic acids is 2. The van der Waals surface area contributed by atoms with Gasteiger partial charge in [0.1, 0.15) is 0 Å². The quantitative estimate of drug-likeness (QED) is 0.846. The van der Waals surface area contributed by atoms with Crippen LogP contribution in [0.2, 0.25) is 0 Å². The third kappa shape index (κ3) is 4.07. The number of likely N-dealkylation sites (N-methyl/N-ethyl adjacent to an activating group) is 1. The molecule has 1 aliphatic rings. The van der Waals surface area contributed by atoms with Gasteiger partial charge in [-0.05, 0) is 38.6 Å². The topological polar surface area (TPSA) is 52.7 Å². The lowest BCUT2D eigenvalue weighted by Gasteiger charge is -2.20. The molecule has 1 unspecified atom stereocenters. The van der Waals surface area contributed by atoms with E-state index in [-0.39, 0.29) is 17.9 Å². The van der Waals surface area contributed by atoms with Crippen molar-refractivity contribution in [1.29, 1.82) is 0 Å². The molecule has 0 saturated carbocycles. The summed E-state index contributed by atoms with van der Waals surface area (Å²) in [7, 11) is 3.85. The van der Waals surface area contributed by atoms with Crippen molar-refractivity contribution in [2.45, 2.75) is 25.8 Å². The largest absolute Gasteiger partial charge is 0.354 e. The van der Waals surface area contributed by atoms with E-state index in [1.165, 1.54) is 0 Å². The van der Waals surface area contributed by atoms with Gasteiger partial charge in [-0.2, -0.15) is 0 Å². The second-order valence-electron chi connectivity index (χ2n) is 6.05. The number of hydrogen-bond acceptors (Lipinski definition) is 3. The molecule has 0 aliphatic carbocycles. The number of nitrogens with zero attached hydrogens (tertiary/aromatic N) is 2. The molecule has 22 heavy (non-hydrogen) atoms. The van der Waals surface area contributed by atoms with Crippen LogP contribution in [0.5, 0.6) is 0 Å². The van der Waals surface area contributed by atoms with Crippen molar-refractivity contribution in [1.82, 2.24) is 15.1 Å². The molecule has 1 heterocycles. The Labute approximate surface area is 132 Å². The van der Waals surface area contributed by atoms with Crippen LogP contribution in [0.15, 0.2) is 24.3 Å². The number of carbonyl (C=O) groups is 2. The number of likely N-dealkylation sites (tertiary alicyclic amines) is 1. The van der Waals surface area contributed by atoms with Gasteiger partial charge in [0.25, 0.3) is 0 Å². The fourth-order valence-corrected chi connectivity index (χ4v) is 2.80. The molecule has 1 aromatic carbocycles. The minimum Gasteiger partial charge on any atom is -0.354 e. The van der Waals surface area contributed by atoms with Gasteiger partial charge in [0, 0.05) is 19.6 Å². The van der Waals surface area contributed by atoms with Crippen molar-refractivity contribution in [3.8, 4) is 0 Å². The molecule has 1 aliphatic heterocycles. The third-order valence-corrected chi connectivity index (χ3v) is 4.21. The van der Waals surface area contributed by atoms with Crippen molar-refractivity contribution in [2.75, 3.05) is 33.7 Å². The molecule has 5 nitrogen and oxygen atoms in total. The lowest BCUT2D eigenvalue weighted by Crippen LogP contribution is -2.41. The van der Waals surface area contributed by atoms with E-state index in [0.717, 1.165) is 24.1 Å². The number of amides is 2. The lowest BCUT2D eigenvalue weighted by molar-refractivity contribution is -0.131. The predicted molar refractivity (Wildman–Crippen MR) is 86.6 cm³/mol. The highest BCUT2D eigenvalue weighted by Crippen LogP contribution is 2.14. The first-order chi connectivity index (χ1) is 10.5. The Bertz CT molecular complexity index is 542. The second-order valence-corrected chi connectivity index (χ2v) is 6.05. The van der Waals surface area contributed by atoms with Crippen LogP contribution >= 0.6 is 0 Å². The van der Waals surface area contributed by atoms with Crippen LogP contribution in [0.25, 0.3) is 0 Å². The highest BCUT2D eigenvalue weighted by atomic mass is 16.2. The van der Waals surface area contributed by atoms with Gasteiger partial charge in [-0.3, -0.25) is 14.5 Å². The van der Waals surface area contributed by atoms with Crippen LogP contribution in [0, 0.1) is 6.92 Å². The Morgan fingerprint density at radius 1 is 1.36 bits per heavy atom. The van der Waals surface area contributed by atoms with Crippen molar-refractivity contribution in [3.05, 3.63) is 35.4 Å². The minimum absolute atomic E-state index is 0.00473. The number of rotatable bonds is 6. The summed E-state index contributed by atoms with van der Waals surface area (Å²) in [6.45, 7) is 3.88. The molecule has 0 aromatic heterocycles. The molecule has 0 bridgehead atoms. The molecule has 1 aromatic rings. The molecule has 5 heteroatoms. The molecule has 0 radical (unpaired) electrons. The summed E-state index contributed by atoms with van der Waals surface area (Å²) in [5.74, 6) is 0.170. The fourth-order valence-electron chi connectivity index (χ4n) is 2.80. The zero-order valence-electron chi connectivity index (χ0n) is 13.6. The maximum absolute atomic E-state index is 12.1. The monoisotopic (exact) mass is 303 g/mol. The number of nitrogens with one attached hydrogen (secondary N) is 1. The van der Waals surface area contributed by atoms with E-state index in [0.29, 0.717) is 19.5 Å². The van der Waals surface area contributed by atoms with Crippen LogP contribution < -0.4 is 5.32 Å². The molecule has 120 valence electrons. The lowest BCUT2D eigenvalue weighted by atomic mass is 10.1. The molecular weight excluding hydrogens is 278 g/mol. The van der Waals surface area contributed by atoms with Gasteiger partial charge in [0.2, 0.25) is 11.8 Å². The molecule has 0 spiro atoms. The van der Waals surface area contributed by atoms with Crippen molar-refractivity contribution >= 4 is 11.8 Å². The Kier molecular flexibility index (Phi) is 5.55. The Morgan fingerprint density at radius 3 is 2.73 bits per heavy atom. The zero-order valence-corrected chi connectivity index (χ0v) is 13.6. The van der Waals surface area contributed by atoms with Gasteiger partial charge >= 0.3 is 0 Å². The highest BCUT2D eigenvalue weighted by molar-refractivity contribution is 5.84. The van der Waals surface area contributed by atoms with E-state index in [2.05, 4.69) is 5.32 Å². The third-order valence-electron chi connectivity index (χ3n) is 4.21. The number of benzene rings is 1. The van der Waals surface area contributed by atoms with Gasteiger partial charge in [-0.1, -0.05) is 24.3 Å². The summed E-state index contributed by atoms with van der Waals surface area (Å²) in [6, 6.07) is 7.88. The molecule has 1 fully saturated rings. The van der Waals surface area contributed by atoms with Gasteiger partial charge < -0.3 is 10.2 Å². The predicted octanol–water partition coefficient (Wildman–Crippen LogP) is 0.816. The molecule has 1 saturated heterocycles. The summed E-state index contributed by atoms with van der Waals surface area (Å²) < 4.78 is 0. The summed E-state index contributed by atoms with van der Waals surface area (Å²) in [4.78, 5) is 27.9. The van der Waals surface area contributed by atoms with E-state index in [1.807, 2.05) is 55.1 Å². The maximum Gasteiger partial charge on any atom is 0.240 e. The van der Waals surface area contributed by atoms with E-state index in [9.17, 15) is 9.59 Å². The van der Waals surface area contributed by atoms with Crippen LogP contribution in [-0.4, -0.2) is 61.4 Å². The second kappa shape index (κ2) is 7.40. The highest BCUT2D eigenvalue weighted by Gasteiger charge is 2.32. The van der Waals surface area contributed by atoms with Gasteiger partial charge in [0.15, 0.2) is 0 Å². The molecule has 1 atom stereocenters. The van der Waals surface area contributed by atoms with Crippen LogP contribution in [0.4, 0.5) is 0 Å². The molecule has 2 rings (SSSR count). The van der Waals surface area contributed by atoms with Crippen LogP contribution in [-0.2, 0) is 16.0 Å². The Hall–Kier alpha value is -1.88. The normalized spacial score (nSPS) is 18.1. The van der Waals surface area contributed by atoms with Gasteiger partial charge in [0.05, 0.1) is 12.5 Å². The molecule has 2 amide bonds. The number of aryl methyl sites for hydroxylation is 1. The minimum atomic E-state index is -0.0114. The van der Waals surface area contributed by atoms with Gasteiger partial charge in [-0.15, -0.1) is 0 Å². The maximum atomic E-state index is 12.1. The zero-order chi connectivity index (χ0) is 16.1. The average molecular weight is 303 g/mol. The summed E-state index contributed by atoms with van der Waals surface area (Å²) >= 11 is 0. The van der Waals surface area contributed by atoms with E-state index < -0.39 is 0 Å². The molecule has 1 N–H and O–H groups in total. The standard InChI is InChI=1S/C17H25N3O2/c1-13-6-4-5-7-14(13)12-16(21)18-9-11-20-10-8-15(17(20)22)19(2)3/h4-7,15H,8-12H2,1-3H3,(H,18,21). The van der Waals surface area contributed by atoms with Crippen molar-refractivity contribution in [2.24, 2.45) is 0 Å². The molecular formula is C17H25N3O2. The smallest absolute Gasteiger partial charge is 0.240 e. The first-order valence-corrected chi connectivity index (χ1v) is 7.75.